The van der Waals surface area contributed by atoms with Crippen LogP contribution in [0.25, 0.3) is 0 Å². The van der Waals surface area contributed by atoms with Crippen LogP contribution in [0.3, 0.4) is 0 Å². The Labute approximate surface area is 126 Å². The highest BCUT2D eigenvalue weighted by molar-refractivity contribution is 4.97. The zero-order valence-electron chi connectivity index (χ0n) is 12.8. The zero-order valence-corrected chi connectivity index (χ0v) is 12.8. The van der Waals surface area contributed by atoms with Gasteiger partial charge in [-0.05, 0) is 44.7 Å². The summed E-state index contributed by atoms with van der Waals surface area (Å²) in [6.07, 6.45) is 5.41. The molecule has 0 bridgehead atoms. The molecule has 0 aliphatic carbocycles. The number of aromatic nitrogens is 2. The summed E-state index contributed by atoms with van der Waals surface area (Å²) in [7, 11) is 0. The zero-order chi connectivity index (χ0) is 14.7. The van der Waals surface area contributed by atoms with E-state index in [1.807, 2.05) is 0 Å². The van der Waals surface area contributed by atoms with Crippen molar-refractivity contribution in [2.24, 2.45) is 11.7 Å². The summed E-state index contributed by atoms with van der Waals surface area (Å²) in [4.78, 5) is 7.01. The van der Waals surface area contributed by atoms with Gasteiger partial charge in [-0.3, -0.25) is 4.90 Å². The third-order valence-electron chi connectivity index (χ3n) is 4.67. The fraction of sp³-hybridized carbons (Fsp3) is 0.867. The van der Waals surface area contributed by atoms with E-state index >= 15 is 0 Å². The van der Waals surface area contributed by atoms with Crippen LogP contribution in [-0.2, 0) is 11.2 Å². The molecule has 3 unspecified atom stereocenters. The molecule has 3 rings (SSSR count). The molecular formula is C15H26N4O2. The predicted octanol–water partition coefficient (Wildman–Crippen LogP) is 1.52. The standard InChI is InChI=1S/C15H26N4O2/c1-11(6-7-16)4-5-14-17-15(18-21-14)13-9-19-8-2-3-12(19)10-20-13/h11-13H,2-10,16H2,1H3. The Morgan fingerprint density at radius 1 is 1.43 bits per heavy atom. The molecule has 1 aromatic rings. The number of hydrogen-bond donors (Lipinski definition) is 1. The first kappa shape index (κ1) is 14.9. The van der Waals surface area contributed by atoms with Crippen molar-refractivity contribution in [2.45, 2.75) is 51.2 Å². The molecule has 0 spiro atoms. The minimum absolute atomic E-state index is 0.0293. The van der Waals surface area contributed by atoms with Crippen LogP contribution in [0.5, 0.6) is 0 Å². The van der Waals surface area contributed by atoms with Gasteiger partial charge < -0.3 is 15.0 Å². The van der Waals surface area contributed by atoms with Gasteiger partial charge in [-0.15, -0.1) is 0 Å². The van der Waals surface area contributed by atoms with E-state index in [0.29, 0.717) is 17.8 Å². The van der Waals surface area contributed by atoms with Crippen molar-refractivity contribution in [3.8, 4) is 0 Å². The third kappa shape index (κ3) is 3.62. The minimum atomic E-state index is -0.0293. The normalized spacial score (nSPS) is 27.7. The number of nitrogens with two attached hydrogens (primary N) is 1. The molecule has 6 heteroatoms. The van der Waals surface area contributed by atoms with E-state index < -0.39 is 0 Å². The molecule has 0 aromatic carbocycles. The van der Waals surface area contributed by atoms with E-state index in [2.05, 4.69) is 22.0 Å². The van der Waals surface area contributed by atoms with Crippen LogP contribution in [0.2, 0.25) is 0 Å². The Bertz CT molecular complexity index is 451. The molecule has 2 aliphatic heterocycles. The van der Waals surface area contributed by atoms with E-state index in [-0.39, 0.29) is 6.10 Å². The monoisotopic (exact) mass is 294 g/mol. The highest BCUT2D eigenvalue weighted by atomic mass is 16.5. The maximum Gasteiger partial charge on any atom is 0.226 e. The van der Waals surface area contributed by atoms with Gasteiger partial charge in [0.2, 0.25) is 11.7 Å². The number of aryl methyl sites for hydroxylation is 1. The van der Waals surface area contributed by atoms with Gasteiger partial charge in [0, 0.05) is 19.0 Å². The van der Waals surface area contributed by atoms with E-state index in [1.165, 1.54) is 19.4 Å². The summed E-state index contributed by atoms with van der Waals surface area (Å²) in [5.41, 5.74) is 5.57. The second-order valence-electron chi connectivity index (χ2n) is 6.38. The molecule has 0 amide bonds. The highest BCUT2D eigenvalue weighted by Gasteiger charge is 2.34. The molecule has 118 valence electrons. The molecule has 2 saturated heterocycles. The van der Waals surface area contributed by atoms with Crippen LogP contribution in [0.1, 0.15) is 50.4 Å². The van der Waals surface area contributed by atoms with Crippen molar-refractivity contribution >= 4 is 0 Å². The maximum absolute atomic E-state index is 5.91. The summed E-state index contributed by atoms with van der Waals surface area (Å²) in [5.74, 6) is 2.03. The minimum Gasteiger partial charge on any atom is -0.367 e. The van der Waals surface area contributed by atoms with Gasteiger partial charge in [-0.2, -0.15) is 4.98 Å². The lowest BCUT2D eigenvalue weighted by atomic mass is 10.0. The molecule has 0 radical (unpaired) electrons. The van der Waals surface area contributed by atoms with Crippen molar-refractivity contribution in [2.75, 3.05) is 26.2 Å². The Kier molecular flexibility index (Phi) is 4.87. The number of nitrogens with zero attached hydrogens (tertiary/aromatic N) is 3. The Morgan fingerprint density at radius 3 is 3.19 bits per heavy atom. The van der Waals surface area contributed by atoms with Crippen molar-refractivity contribution in [3.05, 3.63) is 11.7 Å². The van der Waals surface area contributed by atoms with Crippen LogP contribution in [0, 0.1) is 5.92 Å². The average molecular weight is 294 g/mol. The number of ether oxygens (including phenoxy) is 1. The van der Waals surface area contributed by atoms with E-state index in [1.54, 1.807) is 0 Å². The van der Waals surface area contributed by atoms with E-state index in [4.69, 9.17) is 15.0 Å². The predicted molar refractivity (Wildman–Crippen MR) is 78.7 cm³/mol. The Morgan fingerprint density at radius 2 is 2.33 bits per heavy atom. The largest absolute Gasteiger partial charge is 0.367 e. The topological polar surface area (TPSA) is 77.4 Å². The van der Waals surface area contributed by atoms with Crippen molar-refractivity contribution < 1.29 is 9.26 Å². The number of morpholine rings is 1. The fourth-order valence-electron chi connectivity index (χ4n) is 3.27. The lowest BCUT2D eigenvalue weighted by Gasteiger charge is -2.33. The van der Waals surface area contributed by atoms with Gasteiger partial charge in [0.15, 0.2) is 0 Å². The van der Waals surface area contributed by atoms with E-state index in [9.17, 15) is 0 Å². The molecule has 3 heterocycles. The number of hydrogen-bond acceptors (Lipinski definition) is 6. The third-order valence-corrected chi connectivity index (χ3v) is 4.67. The van der Waals surface area contributed by atoms with Gasteiger partial charge >= 0.3 is 0 Å². The molecule has 0 saturated carbocycles. The maximum atomic E-state index is 5.91. The smallest absolute Gasteiger partial charge is 0.226 e. The summed E-state index contributed by atoms with van der Waals surface area (Å²) in [6, 6.07) is 0.602. The van der Waals surface area contributed by atoms with Crippen molar-refractivity contribution in [1.29, 1.82) is 0 Å². The van der Waals surface area contributed by atoms with Gasteiger partial charge in [0.25, 0.3) is 0 Å². The molecule has 2 aliphatic rings. The molecule has 6 nitrogen and oxygen atoms in total. The van der Waals surface area contributed by atoms with Gasteiger partial charge in [-0.25, -0.2) is 0 Å². The first-order valence-electron chi connectivity index (χ1n) is 8.14. The van der Waals surface area contributed by atoms with Crippen molar-refractivity contribution in [1.82, 2.24) is 15.0 Å². The van der Waals surface area contributed by atoms with Crippen molar-refractivity contribution in [3.63, 3.8) is 0 Å². The van der Waals surface area contributed by atoms with Crippen LogP contribution in [-0.4, -0.2) is 47.3 Å². The van der Waals surface area contributed by atoms with Crippen LogP contribution >= 0.6 is 0 Å². The van der Waals surface area contributed by atoms with Gasteiger partial charge in [0.05, 0.1) is 6.61 Å². The van der Waals surface area contributed by atoms with Crippen LogP contribution in [0.4, 0.5) is 0 Å². The second-order valence-corrected chi connectivity index (χ2v) is 6.38. The number of fused-ring (bicyclic) bond motifs is 1. The van der Waals surface area contributed by atoms with Gasteiger partial charge in [0.1, 0.15) is 6.10 Å². The first-order valence-corrected chi connectivity index (χ1v) is 8.14. The molecule has 21 heavy (non-hydrogen) atoms. The molecular weight excluding hydrogens is 268 g/mol. The van der Waals surface area contributed by atoms with Gasteiger partial charge in [-0.1, -0.05) is 12.1 Å². The summed E-state index contributed by atoms with van der Waals surface area (Å²) in [5, 5.41) is 4.12. The summed E-state index contributed by atoms with van der Waals surface area (Å²) < 4.78 is 11.3. The Hall–Kier alpha value is -0.980. The molecule has 2 N–H and O–H groups in total. The van der Waals surface area contributed by atoms with Crippen LogP contribution in [0.15, 0.2) is 4.52 Å². The second kappa shape index (κ2) is 6.85. The first-order chi connectivity index (χ1) is 10.3. The fourth-order valence-corrected chi connectivity index (χ4v) is 3.27. The number of rotatable bonds is 6. The molecule has 2 fully saturated rings. The van der Waals surface area contributed by atoms with Crippen LogP contribution < -0.4 is 5.73 Å². The summed E-state index contributed by atoms with van der Waals surface area (Å²) in [6.45, 7) is 5.81. The molecule has 3 atom stereocenters. The average Bonchev–Trinajstić information content (AvgIpc) is 3.13. The van der Waals surface area contributed by atoms with E-state index in [0.717, 1.165) is 44.8 Å². The molecule has 1 aromatic heterocycles. The lowest BCUT2D eigenvalue weighted by molar-refractivity contribution is -0.0548. The SMILES string of the molecule is CC(CCN)CCc1nc(C2CN3CCCC3CO2)no1. The summed E-state index contributed by atoms with van der Waals surface area (Å²) >= 11 is 0. The lowest BCUT2D eigenvalue weighted by Crippen LogP contribution is -2.42. The highest BCUT2D eigenvalue weighted by Crippen LogP contribution is 2.28. The quantitative estimate of drug-likeness (QED) is 0.857. The Balaban J connectivity index is 1.52.